The van der Waals surface area contributed by atoms with Crippen molar-refractivity contribution in [3.05, 3.63) is 93.3 Å². The number of alkyl carbamates (subject to hydrolysis) is 1. The van der Waals surface area contributed by atoms with Gasteiger partial charge >= 0.3 is 12.3 Å². The van der Waals surface area contributed by atoms with Gasteiger partial charge in [0.05, 0.1) is 22.3 Å². The van der Waals surface area contributed by atoms with E-state index in [1.54, 1.807) is 0 Å². The number of rotatable bonds is 5. The van der Waals surface area contributed by atoms with Crippen molar-refractivity contribution in [2.45, 2.75) is 31.7 Å². The summed E-state index contributed by atoms with van der Waals surface area (Å²) in [5.41, 5.74) is 0.114. The van der Waals surface area contributed by atoms with Crippen LogP contribution in [0.4, 0.5) is 32.4 Å². The number of nitrogens with zero attached hydrogens (tertiary/aromatic N) is 1. The monoisotopic (exact) mass is 525 g/mol. The van der Waals surface area contributed by atoms with E-state index in [0.29, 0.717) is 11.8 Å². The van der Waals surface area contributed by atoms with Crippen molar-refractivity contribution in [1.29, 1.82) is 0 Å². The Bertz CT molecular complexity index is 1320. The summed E-state index contributed by atoms with van der Waals surface area (Å²) in [5, 5.41) is 4.92. The highest BCUT2D eigenvalue weighted by Crippen LogP contribution is 2.36. The van der Waals surface area contributed by atoms with Crippen LogP contribution in [0.5, 0.6) is 0 Å². The number of nitrogens with one attached hydrogen (secondary N) is 2. The SMILES string of the molecule is O=C(N[C@H]1CCc2c(C(=O)Nc3ccc(F)c(Cl)c3)ccc(F)c21)OCc1ccc(C(F)(F)F)cn1. The van der Waals surface area contributed by atoms with Gasteiger partial charge in [0.2, 0.25) is 0 Å². The average Bonchev–Trinajstić information content (AvgIpc) is 3.24. The molecule has 1 aliphatic rings. The first-order valence-corrected chi connectivity index (χ1v) is 10.9. The molecule has 188 valence electrons. The van der Waals surface area contributed by atoms with Gasteiger partial charge in [-0.2, -0.15) is 13.2 Å². The standard InChI is InChI=1S/C24H17ClF5N3O3/c25-17-9-13(3-6-18(17)26)32-22(34)16-4-7-19(27)21-15(16)5-8-20(21)33-23(35)36-11-14-2-1-12(10-31-14)24(28,29)30/h1-4,6-7,9-10,20H,5,8,11H2,(H,32,34)(H,33,35)/t20-/m0/s1. The van der Waals surface area contributed by atoms with Crippen molar-refractivity contribution in [2.75, 3.05) is 5.32 Å². The minimum Gasteiger partial charge on any atom is -0.443 e. The number of benzene rings is 2. The minimum absolute atomic E-state index is 0.0935. The summed E-state index contributed by atoms with van der Waals surface area (Å²) in [6.45, 7) is -0.394. The fourth-order valence-corrected chi connectivity index (χ4v) is 4.03. The molecular weight excluding hydrogens is 509 g/mol. The lowest BCUT2D eigenvalue weighted by Crippen LogP contribution is -2.28. The Morgan fingerprint density at radius 2 is 1.83 bits per heavy atom. The number of hydrogen-bond acceptors (Lipinski definition) is 4. The molecule has 1 atom stereocenters. The van der Waals surface area contributed by atoms with Crippen LogP contribution in [0.3, 0.4) is 0 Å². The first-order chi connectivity index (χ1) is 17.0. The number of hydrogen-bond donors (Lipinski definition) is 2. The number of aromatic nitrogens is 1. The molecule has 0 radical (unpaired) electrons. The van der Waals surface area contributed by atoms with E-state index in [9.17, 15) is 31.5 Å². The Kier molecular flexibility index (Phi) is 7.11. The molecule has 0 saturated heterocycles. The number of amides is 2. The highest BCUT2D eigenvalue weighted by atomic mass is 35.5. The number of anilines is 1. The summed E-state index contributed by atoms with van der Waals surface area (Å²) in [6.07, 6.45) is -4.26. The molecule has 6 nitrogen and oxygen atoms in total. The van der Waals surface area contributed by atoms with Crippen LogP contribution in [-0.4, -0.2) is 17.0 Å². The van der Waals surface area contributed by atoms with E-state index >= 15 is 0 Å². The number of ether oxygens (including phenoxy) is 1. The van der Waals surface area contributed by atoms with E-state index in [0.717, 1.165) is 24.3 Å². The molecule has 3 aromatic rings. The van der Waals surface area contributed by atoms with Crippen LogP contribution >= 0.6 is 11.6 Å². The summed E-state index contributed by atoms with van der Waals surface area (Å²) in [4.78, 5) is 28.7. The molecule has 0 aliphatic heterocycles. The molecule has 2 aromatic carbocycles. The van der Waals surface area contributed by atoms with Crippen molar-refractivity contribution in [1.82, 2.24) is 10.3 Å². The number of alkyl halides is 3. The largest absolute Gasteiger partial charge is 0.443 e. The lowest BCUT2D eigenvalue weighted by atomic mass is 10.0. The Hall–Kier alpha value is -3.73. The zero-order chi connectivity index (χ0) is 26.0. The van der Waals surface area contributed by atoms with Crippen LogP contribution < -0.4 is 10.6 Å². The van der Waals surface area contributed by atoms with Crippen molar-refractivity contribution in [3.63, 3.8) is 0 Å². The molecular formula is C24H17ClF5N3O3. The zero-order valence-electron chi connectivity index (χ0n) is 18.3. The van der Waals surface area contributed by atoms with E-state index in [4.69, 9.17) is 16.3 Å². The highest BCUT2D eigenvalue weighted by Gasteiger charge is 2.32. The summed E-state index contributed by atoms with van der Waals surface area (Å²) in [7, 11) is 0. The number of fused-ring (bicyclic) bond motifs is 1. The first-order valence-electron chi connectivity index (χ1n) is 10.6. The van der Waals surface area contributed by atoms with E-state index in [1.807, 2.05) is 0 Å². The van der Waals surface area contributed by atoms with Gasteiger partial charge in [-0.1, -0.05) is 11.6 Å². The summed E-state index contributed by atoms with van der Waals surface area (Å²) >= 11 is 5.74. The first kappa shape index (κ1) is 25.4. The predicted octanol–water partition coefficient (Wildman–Crippen LogP) is 6.20. The van der Waals surface area contributed by atoms with Crippen LogP contribution in [-0.2, 0) is 23.9 Å². The molecule has 36 heavy (non-hydrogen) atoms. The second-order valence-electron chi connectivity index (χ2n) is 7.92. The third-order valence-corrected chi connectivity index (χ3v) is 5.84. The third-order valence-electron chi connectivity index (χ3n) is 5.55. The summed E-state index contributed by atoms with van der Waals surface area (Å²) in [6, 6.07) is 7.19. The fourth-order valence-electron chi connectivity index (χ4n) is 3.85. The van der Waals surface area contributed by atoms with Gasteiger partial charge in [-0.3, -0.25) is 9.78 Å². The van der Waals surface area contributed by atoms with Crippen LogP contribution in [0.1, 0.15) is 45.2 Å². The number of carbonyl (C=O) groups excluding carboxylic acids is 2. The van der Waals surface area contributed by atoms with E-state index in [-0.39, 0.29) is 40.4 Å². The summed E-state index contributed by atoms with van der Waals surface area (Å²) < 4.78 is 70.9. The second kappa shape index (κ2) is 10.1. The number of halogens is 6. The Morgan fingerprint density at radius 3 is 2.50 bits per heavy atom. The Labute approximate surface area is 206 Å². The van der Waals surface area contributed by atoms with E-state index in [2.05, 4.69) is 15.6 Å². The Morgan fingerprint density at radius 1 is 1.08 bits per heavy atom. The number of pyridine rings is 1. The maximum atomic E-state index is 14.7. The molecule has 0 fully saturated rings. The molecule has 1 heterocycles. The van der Waals surface area contributed by atoms with Gasteiger partial charge in [-0.05, 0) is 60.9 Å². The zero-order valence-corrected chi connectivity index (χ0v) is 19.0. The van der Waals surface area contributed by atoms with Gasteiger partial charge < -0.3 is 15.4 Å². The van der Waals surface area contributed by atoms with Crippen molar-refractivity contribution < 1.29 is 36.3 Å². The molecule has 0 spiro atoms. The number of carbonyl (C=O) groups is 2. The van der Waals surface area contributed by atoms with Crippen molar-refractivity contribution in [3.8, 4) is 0 Å². The van der Waals surface area contributed by atoms with Crippen LogP contribution in [0.15, 0.2) is 48.7 Å². The van der Waals surface area contributed by atoms with Gasteiger partial charge in [0.1, 0.15) is 18.2 Å². The van der Waals surface area contributed by atoms with Gasteiger partial charge in [0.25, 0.3) is 5.91 Å². The lowest BCUT2D eigenvalue weighted by molar-refractivity contribution is -0.137. The quantitative estimate of drug-likeness (QED) is 0.389. The lowest BCUT2D eigenvalue weighted by Gasteiger charge is -2.16. The maximum Gasteiger partial charge on any atom is 0.417 e. The van der Waals surface area contributed by atoms with E-state index < -0.39 is 48.0 Å². The van der Waals surface area contributed by atoms with Gasteiger partial charge in [0, 0.05) is 23.0 Å². The second-order valence-corrected chi connectivity index (χ2v) is 8.33. The molecule has 4 rings (SSSR count). The average molecular weight is 526 g/mol. The van der Waals surface area contributed by atoms with Crippen LogP contribution in [0.25, 0.3) is 0 Å². The third kappa shape index (κ3) is 5.56. The molecule has 0 bridgehead atoms. The molecule has 0 saturated carbocycles. The maximum absolute atomic E-state index is 14.7. The van der Waals surface area contributed by atoms with Gasteiger partial charge in [-0.25, -0.2) is 13.6 Å². The molecule has 1 aliphatic carbocycles. The Balaban J connectivity index is 1.42. The molecule has 1 aromatic heterocycles. The molecule has 12 heteroatoms. The minimum atomic E-state index is -4.54. The normalized spacial score (nSPS) is 14.8. The molecule has 0 unspecified atom stereocenters. The van der Waals surface area contributed by atoms with Crippen molar-refractivity contribution in [2.24, 2.45) is 0 Å². The molecule has 2 amide bonds. The van der Waals surface area contributed by atoms with E-state index in [1.165, 1.54) is 18.2 Å². The highest BCUT2D eigenvalue weighted by molar-refractivity contribution is 6.31. The topological polar surface area (TPSA) is 80.3 Å². The smallest absolute Gasteiger partial charge is 0.417 e. The summed E-state index contributed by atoms with van der Waals surface area (Å²) in [5.74, 6) is -1.84. The van der Waals surface area contributed by atoms with Gasteiger partial charge in [-0.15, -0.1) is 0 Å². The predicted molar refractivity (Wildman–Crippen MR) is 119 cm³/mol. The van der Waals surface area contributed by atoms with Crippen LogP contribution in [0.2, 0.25) is 5.02 Å². The van der Waals surface area contributed by atoms with Gasteiger partial charge in [0.15, 0.2) is 0 Å². The van der Waals surface area contributed by atoms with Crippen LogP contribution in [0, 0.1) is 11.6 Å². The fraction of sp³-hybridized carbons (Fsp3) is 0.208. The van der Waals surface area contributed by atoms with Crippen molar-refractivity contribution >= 4 is 29.3 Å². The molecule has 2 N–H and O–H groups in total.